The fourth-order valence-electron chi connectivity index (χ4n) is 5.47. The Morgan fingerprint density at radius 3 is 1.41 bits per heavy atom. The first-order valence-corrected chi connectivity index (χ1v) is 16.1. The van der Waals surface area contributed by atoms with Crippen LogP contribution in [-0.2, 0) is 32.2 Å². The molecule has 2 aliphatic rings. The molecule has 0 saturated heterocycles. The molecule has 5 heteroatoms. The number of nitrogens with zero attached hydrogens (tertiary/aromatic N) is 3. The Kier molecular flexibility index (Phi) is 14.7. The van der Waals surface area contributed by atoms with Crippen molar-refractivity contribution in [3.63, 3.8) is 0 Å². The van der Waals surface area contributed by atoms with Crippen LogP contribution >= 0.6 is 15.9 Å². The minimum absolute atomic E-state index is 0.594. The molecule has 3 aromatic rings. The van der Waals surface area contributed by atoms with Crippen LogP contribution in [0.1, 0.15) is 106 Å². The van der Waals surface area contributed by atoms with Crippen LogP contribution in [0, 0.1) is 11.8 Å². The number of nitrogens with two attached hydrogens (primary N) is 1. The van der Waals surface area contributed by atoms with Crippen LogP contribution in [0.3, 0.4) is 0 Å². The first kappa shape index (κ1) is 31.4. The maximum Gasteiger partial charge on any atom is 0.106 e. The van der Waals surface area contributed by atoms with Crippen LogP contribution in [-0.4, -0.2) is 15.0 Å². The Bertz CT molecular complexity index is 959. The summed E-state index contributed by atoms with van der Waals surface area (Å²) in [6, 6.07) is 12.7. The molecule has 5 rings (SSSR count). The number of rotatable bonds is 7. The van der Waals surface area contributed by atoms with Gasteiger partial charge in [0, 0.05) is 36.5 Å². The lowest BCUT2D eigenvalue weighted by Gasteiger charge is -2.20. The van der Waals surface area contributed by atoms with Gasteiger partial charge in [0.25, 0.3) is 0 Å². The zero-order chi connectivity index (χ0) is 27.7. The third kappa shape index (κ3) is 12.3. The van der Waals surface area contributed by atoms with Crippen molar-refractivity contribution in [2.75, 3.05) is 0 Å². The highest BCUT2D eigenvalue weighted by Gasteiger charge is 2.15. The van der Waals surface area contributed by atoms with Crippen LogP contribution in [0.4, 0.5) is 0 Å². The Balaban J connectivity index is 0.000000167. The topological polar surface area (TPSA) is 64.7 Å². The van der Waals surface area contributed by atoms with Crippen LogP contribution in [0.2, 0.25) is 0 Å². The second-order valence-corrected chi connectivity index (χ2v) is 11.9. The summed E-state index contributed by atoms with van der Waals surface area (Å²) in [5, 5.41) is 0. The van der Waals surface area contributed by atoms with Gasteiger partial charge < -0.3 is 5.73 Å². The summed E-state index contributed by atoms with van der Waals surface area (Å²) in [6.45, 7) is 4.89. The molecule has 0 spiro atoms. The molecular weight excluding hydrogens is 544 g/mol. The van der Waals surface area contributed by atoms with Crippen LogP contribution in [0.15, 0.2) is 59.6 Å². The number of pyridine rings is 3. The molecule has 3 heterocycles. The summed E-state index contributed by atoms with van der Waals surface area (Å²) >= 11 is 3.26. The van der Waals surface area contributed by atoms with E-state index in [1.807, 2.05) is 24.7 Å². The van der Waals surface area contributed by atoms with Crippen molar-refractivity contribution in [1.29, 1.82) is 0 Å². The van der Waals surface area contributed by atoms with Gasteiger partial charge in [0.05, 0.1) is 0 Å². The summed E-state index contributed by atoms with van der Waals surface area (Å²) < 4.78 is 0.903. The van der Waals surface area contributed by atoms with Gasteiger partial charge >= 0.3 is 0 Å². The van der Waals surface area contributed by atoms with E-state index in [2.05, 4.69) is 75.1 Å². The number of aryl methyl sites for hydroxylation is 2. The Hall–Kier alpha value is -2.11. The number of halogens is 1. The molecule has 4 nitrogen and oxygen atoms in total. The van der Waals surface area contributed by atoms with E-state index in [-0.39, 0.29) is 0 Å². The minimum Gasteiger partial charge on any atom is -0.326 e. The molecule has 0 aliphatic heterocycles. The smallest absolute Gasteiger partial charge is 0.106 e. The Morgan fingerprint density at radius 1 is 0.615 bits per heavy atom. The van der Waals surface area contributed by atoms with Crippen molar-refractivity contribution >= 4 is 15.9 Å². The molecular formula is C34H49BrN4. The normalized spacial score (nSPS) is 16.0. The van der Waals surface area contributed by atoms with Gasteiger partial charge in [0.1, 0.15) is 4.60 Å². The van der Waals surface area contributed by atoms with E-state index < -0.39 is 0 Å². The van der Waals surface area contributed by atoms with E-state index in [0.717, 1.165) is 41.3 Å². The Morgan fingerprint density at radius 2 is 1.05 bits per heavy atom. The lowest BCUT2D eigenvalue weighted by atomic mass is 9.86. The third-order valence-electron chi connectivity index (χ3n) is 8.06. The van der Waals surface area contributed by atoms with Crippen molar-refractivity contribution < 1.29 is 0 Å². The minimum atomic E-state index is 0.594. The van der Waals surface area contributed by atoms with Crippen molar-refractivity contribution in [1.82, 2.24) is 15.0 Å². The van der Waals surface area contributed by atoms with E-state index >= 15 is 0 Å². The van der Waals surface area contributed by atoms with Crippen molar-refractivity contribution in [3.8, 4) is 0 Å². The maximum atomic E-state index is 5.54. The highest BCUT2D eigenvalue weighted by molar-refractivity contribution is 9.10. The largest absolute Gasteiger partial charge is 0.326 e. The molecule has 0 radical (unpaired) electrons. The monoisotopic (exact) mass is 592 g/mol. The van der Waals surface area contributed by atoms with E-state index in [1.54, 1.807) is 0 Å². The molecule has 0 bridgehead atoms. The predicted molar refractivity (Wildman–Crippen MR) is 168 cm³/mol. The molecule has 39 heavy (non-hydrogen) atoms. The van der Waals surface area contributed by atoms with Crippen molar-refractivity contribution in [2.45, 2.75) is 110 Å². The molecule has 2 N–H and O–H groups in total. The van der Waals surface area contributed by atoms with E-state index in [0.29, 0.717) is 6.54 Å². The Labute approximate surface area is 245 Å². The van der Waals surface area contributed by atoms with Crippen LogP contribution < -0.4 is 5.73 Å². The van der Waals surface area contributed by atoms with Crippen LogP contribution in [0.25, 0.3) is 0 Å². The van der Waals surface area contributed by atoms with Gasteiger partial charge in [-0.1, -0.05) is 96.3 Å². The van der Waals surface area contributed by atoms with E-state index in [4.69, 9.17) is 5.73 Å². The van der Waals surface area contributed by atoms with E-state index in [1.165, 1.54) is 93.1 Å². The molecule has 0 atom stereocenters. The second-order valence-electron chi connectivity index (χ2n) is 11.1. The van der Waals surface area contributed by atoms with Gasteiger partial charge in [0.15, 0.2) is 0 Å². The van der Waals surface area contributed by atoms with Gasteiger partial charge in [-0.25, -0.2) is 4.98 Å². The van der Waals surface area contributed by atoms with Crippen molar-refractivity contribution in [3.05, 3.63) is 87.7 Å². The summed E-state index contributed by atoms with van der Waals surface area (Å²) in [6.07, 6.45) is 24.5. The molecule has 2 fully saturated rings. The highest BCUT2D eigenvalue weighted by Crippen LogP contribution is 2.27. The molecule has 2 saturated carbocycles. The van der Waals surface area contributed by atoms with Gasteiger partial charge in [-0.05, 0) is 88.3 Å². The summed E-state index contributed by atoms with van der Waals surface area (Å²) in [4.78, 5) is 13.1. The number of aromatic nitrogens is 3. The maximum absolute atomic E-state index is 5.54. The predicted octanol–water partition coefficient (Wildman–Crippen LogP) is 8.84. The SMILES string of the molecule is CCc1ccc(Br)nc1.CCc1ccc(CC2CCCCC2)nc1.NCc1ccc(CC2CCCCC2)nc1. The molecule has 0 amide bonds. The molecule has 3 aromatic heterocycles. The zero-order valence-electron chi connectivity index (χ0n) is 24.3. The zero-order valence-corrected chi connectivity index (χ0v) is 25.8. The first-order chi connectivity index (χ1) is 19.1. The highest BCUT2D eigenvalue weighted by atomic mass is 79.9. The summed E-state index contributed by atoms with van der Waals surface area (Å²) in [5.41, 5.74) is 11.8. The van der Waals surface area contributed by atoms with Crippen LogP contribution in [0.5, 0.6) is 0 Å². The fraction of sp³-hybridized carbons (Fsp3) is 0.559. The quantitative estimate of drug-likeness (QED) is 0.278. The molecule has 212 valence electrons. The van der Waals surface area contributed by atoms with Gasteiger partial charge in [-0.15, -0.1) is 0 Å². The molecule has 0 aromatic carbocycles. The third-order valence-corrected chi connectivity index (χ3v) is 8.53. The fourth-order valence-corrected chi connectivity index (χ4v) is 5.71. The standard InChI is InChI=1S/C14H21N.C13H20N2.C7H8BrN/c1-2-12-8-9-14(15-11-12)10-13-6-4-3-5-7-13;14-9-12-6-7-13(15-10-12)8-11-4-2-1-3-5-11;1-2-6-3-4-7(8)9-5-6/h8-9,11,13H,2-7,10H2,1H3;6-7,10-11H,1-5,8-9,14H2;3-5H,2H2,1H3. The van der Waals surface area contributed by atoms with Gasteiger partial charge in [-0.3, -0.25) is 9.97 Å². The lowest BCUT2D eigenvalue weighted by Crippen LogP contribution is -2.10. The average molecular weight is 594 g/mol. The molecule has 2 aliphatic carbocycles. The van der Waals surface area contributed by atoms with E-state index in [9.17, 15) is 0 Å². The van der Waals surface area contributed by atoms with Crippen molar-refractivity contribution in [2.24, 2.45) is 17.6 Å². The summed E-state index contributed by atoms with van der Waals surface area (Å²) in [7, 11) is 0. The molecule has 0 unspecified atom stereocenters. The van der Waals surface area contributed by atoms with Gasteiger partial charge in [-0.2, -0.15) is 0 Å². The first-order valence-electron chi connectivity index (χ1n) is 15.3. The second kappa shape index (κ2) is 18.3. The number of hydrogen-bond acceptors (Lipinski definition) is 4. The summed E-state index contributed by atoms with van der Waals surface area (Å²) in [5.74, 6) is 1.77. The lowest BCUT2D eigenvalue weighted by molar-refractivity contribution is 0.354. The number of hydrogen-bond donors (Lipinski definition) is 1. The van der Waals surface area contributed by atoms with Gasteiger partial charge in [0.2, 0.25) is 0 Å². The average Bonchev–Trinajstić information content (AvgIpc) is 3.00.